The highest BCUT2D eigenvalue weighted by molar-refractivity contribution is 5.70. The van der Waals surface area contributed by atoms with Crippen LogP contribution in [0.4, 0.5) is 0 Å². The van der Waals surface area contributed by atoms with Crippen molar-refractivity contribution in [2.24, 2.45) is 0 Å². The largest absolute Gasteiger partial charge is 0.460 e. The molecule has 1 aromatic carbocycles. The van der Waals surface area contributed by atoms with Crippen LogP contribution in [0.3, 0.4) is 0 Å². The average Bonchev–Trinajstić information content (AvgIpc) is 2.73. The van der Waals surface area contributed by atoms with E-state index < -0.39 is 5.60 Å². The number of benzene rings is 1. The molecular weight excluding hydrogens is 396 g/mol. The number of esters is 1. The second kappa shape index (κ2) is 16.8. The van der Waals surface area contributed by atoms with Gasteiger partial charge in [0.1, 0.15) is 11.7 Å². The molecule has 1 aromatic rings. The van der Waals surface area contributed by atoms with Crippen molar-refractivity contribution in [2.45, 2.75) is 123 Å². The van der Waals surface area contributed by atoms with E-state index in [9.17, 15) is 4.79 Å². The van der Waals surface area contributed by atoms with Gasteiger partial charge in [-0.15, -0.1) is 5.92 Å². The van der Waals surface area contributed by atoms with Crippen molar-refractivity contribution >= 4 is 5.97 Å². The summed E-state index contributed by atoms with van der Waals surface area (Å²) < 4.78 is 11.2. The third-order valence-corrected chi connectivity index (χ3v) is 5.28. The van der Waals surface area contributed by atoms with Crippen molar-refractivity contribution in [2.75, 3.05) is 6.61 Å². The first-order valence-corrected chi connectivity index (χ1v) is 12.7. The minimum atomic E-state index is -0.421. The predicted molar refractivity (Wildman–Crippen MR) is 135 cm³/mol. The summed E-state index contributed by atoms with van der Waals surface area (Å²) in [5.41, 5.74) is 1.97. The highest BCUT2D eigenvalue weighted by Crippen LogP contribution is 2.12. The third-order valence-electron chi connectivity index (χ3n) is 5.28. The van der Waals surface area contributed by atoms with Crippen molar-refractivity contribution in [3.63, 3.8) is 0 Å². The molecule has 180 valence electrons. The second-order valence-corrected chi connectivity index (χ2v) is 9.71. The number of aryl methyl sites for hydroxylation is 1. The van der Waals surface area contributed by atoms with Crippen LogP contribution in [0.2, 0.25) is 0 Å². The number of hydrogen-bond acceptors (Lipinski definition) is 3. The van der Waals surface area contributed by atoms with Gasteiger partial charge in [-0.05, 0) is 58.1 Å². The molecule has 0 spiro atoms. The quantitative estimate of drug-likeness (QED) is 0.161. The standard InChI is InChI=1S/C29H46O3/c1-6-7-8-9-10-11-12-13-14-15-16-25(2)31-24-23-27-19-17-26(18-20-27)21-22-28(30)32-29(3,4)5/h17-20,25H,6-14,21-24H2,1-5H3/t25-/m0/s1. The molecule has 1 atom stereocenters. The lowest BCUT2D eigenvalue weighted by Crippen LogP contribution is -2.24. The molecule has 0 heterocycles. The molecule has 0 aliphatic rings. The van der Waals surface area contributed by atoms with Gasteiger partial charge in [0.2, 0.25) is 0 Å². The summed E-state index contributed by atoms with van der Waals surface area (Å²) in [6.07, 6.45) is 13.6. The molecule has 3 nitrogen and oxygen atoms in total. The number of carbonyl (C=O) groups is 1. The Labute approximate surface area is 197 Å². The van der Waals surface area contributed by atoms with Crippen LogP contribution in [0.15, 0.2) is 24.3 Å². The Morgan fingerprint density at radius 2 is 1.47 bits per heavy atom. The molecule has 0 radical (unpaired) electrons. The summed E-state index contributed by atoms with van der Waals surface area (Å²) in [6.45, 7) is 10.6. The maximum atomic E-state index is 11.8. The summed E-state index contributed by atoms with van der Waals surface area (Å²) in [5, 5.41) is 0. The van der Waals surface area contributed by atoms with E-state index in [1.807, 2.05) is 27.7 Å². The zero-order valence-corrected chi connectivity index (χ0v) is 21.3. The number of unbranched alkanes of at least 4 members (excludes halogenated alkanes) is 8. The van der Waals surface area contributed by atoms with Crippen molar-refractivity contribution in [3.05, 3.63) is 35.4 Å². The first-order chi connectivity index (χ1) is 15.3. The third kappa shape index (κ3) is 15.9. The Hall–Kier alpha value is -1.79. The number of ether oxygens (including phenoxy) is 2. The molecule has 1 rings (SSSR count). The van der Waals surface area contributed by atoms with Crippen LogP contribution in [-0.4, -0.2) is 24.3 Å². The molecule has 0 saturated heterocycles. The summed E-state index contributed by atoms with van der Waals surface area (Å²) in [7, 11) is 0. The fourth-order valence-electron chi connectivity index (χ4n) is 3.47. The number of hydrogen-bond donors (Lipinski definition) is 0. The lowest BCUT2D eigenvalue weighted by Gasteiger charge is -2.19. The molecule has 0 fully saturated rings. The van der Waals surface area contributed by atoms with Crippen molar-refractivity contribution in [3.8, 4) is 11.8 Å². The molecule has 0 unspecified atom stereocenters. The number of carbonyl (C=O) groups excluding carboxylic acids is 1. The second-order valence-electron chi connectivity index (χ2n) is 9.71. The maximum absolute atomic E-state index is 11.8. The smallest absolute Gasteiger partial charge is 0.306 e. The normalized spacial score (nSPS) is 12.2. The zero-order valence-electron chi connectivity index (χ0n) is 21.3. The van der Waals surface area contributed by atoms with Gasteiger partial charge in [-0.25, -0.2) is 0 Å². The summed E-state index contributed by atoms with van der Waals surface area (Å²) in [6, 6.07) is 8.41. The van der Waals surface area contributed by atoms with Gasteiger partial charge in [-0.2, -0.15) is 0 Å². The number of rotatable bonds is 15. The highest BCUT2D eigenvalue weighted by Gasteiger charge is 2.15. The minimum Gasteiger partial charge on any atom is -0.460 e. The molecule has 0 bridgehead atoms. The zero-order chi connectivity index (χ0) is 23.7. The molecule has 0 amide bonds. The van der Waals surface area contributed by atoms with Crippen LogP contribution < -0.4 is 0 Å². The summed E-state index contributed by atoms with van der Waals surface area (Å²) >= 11 is 0. The van der Waals surface area contributed by atoms with E-state index in [0.29, 0.717) is 19.4 Å². The van der Waals surface area contributed by atoms with Gasteiger partial charge < -0.3 is 9.47 Å². The van der Waals surface area contributed by atoms with Crippen LogP contribution in [0.1, 0.15) is 110 Å². The molecule has 0 aliphatic heterocycles. The molecule has 0 N–H and O–H groups in total. The predicted octanol–water partition coefficient (Wildman–Crippen LogP) is 7.44. The Morgan fingerprint density at radius 3 is 2.06 bits per heavy atom. The van der Waals surface area contributed by atoms with Crippen LogP contribution in [-0.2, 0) is 27.1 Å². The average molecular weight is 443 g/mol. The maximum Gasteiger partial charge on any atom is 0.306 e. The Kier molecular flexibility index (Phi) is 14.8. The van der Waals surface area contributed by atoms with Crippen LogP contribution >= 0.6 is 0 Å². The SMILES string of the molecule is CCCCCCCCCCC#C[C@H](C)OCCc1ccc(CCC(=O)OC(C)(C)C)cc1. The van der Waals surface area contributed by atoms with Gasteiger partial charge in [0.25, 0.3) is 0 Å². The molecule has 0 aromatic heterocycles. The van der Waals surface area contributed by atoms with E-state index in [0.717, 1.165) is 18.4 Å². The molecule has 3 heteroatoms. The highest BCUT2D eigenvalue weighted by atomic mass is 16.6. The van der Waals surface area contributed by atoms with Gasteiger partial charge in [0.05, 0.1) is 6.61 Å². The van der Waals surface area contributed by atoms with Crippen LogP contribution in [0, 0.1) is 11.8 Å². The fourth-order valence-corrected chi connectivity index (χ4v) is 3.47. The lowest BCUT2D eigenvalue weighted by molar-refractivity contribution is -0.154. The molecule has 0 aliphatic carbocycles. The molecule has 0 saturated carbocycles. The first-order valence-electron chi connectivity index (χ1n) is 12.7. The van der Waals surface area contributed by atoms with E-state index in [4.69, 9.17) is 9.47 Å². The van der Waals surface area contributed by atoms with Crippen molar-refractivity contribution in [1.82, 2.24) is 0 Å². The Balaban J connectivity index is 2.13. The lowest BCUT2D eigenvalue weighted by atomic mass is 10.1. The van der Waals surface area contributed by atoms with E-state index in [-0.39, 0.29) is 12.1 Å². The Morgan fingerprint density at radius 1 is 0.906 bits per heavy atom. The van der Waals surface area contributed by atoms with Gasteiger partial charge in [0, 0.05) is 12.8 Å². The topological polar surface area (TPSA) is 35.5 Å². The van der Waals surface area contributed by atoms with Gasteiger partial charge in [-0.1, -0.05) is 82.1 Å². The monoisotopic (exact) mass is 442 g/mol. The fraction of sp³-hybridized carbons (Fsp3) is 0.690. The van der Waals surface area contributed by atoms with Crippen LogP contribution in [0.5, 0.6) is 0 Å². The van der Waals surface area contributed by atoms with Crippen molar-refractivity contribution in [1.29, 1.82) is 0 Å². The van der Waals surface area contributed by atoms with E-state index >= 15 is 0 Å². The summed E-state index contributed by atoms with van der Waals surface area (Å²) in [5.74, 6) is 6.36. The van der Waals surface area contributed by atoms with Gasteiger partial charge in [0.15, 0.2) is 0 Å². The van der Waals surface area contributed by atoms with E-state index in [2.05, 4.69) is 43.0 Å². The minimum absolute atomic E-state index is 0.0165. The van der Waals surface area contributed by atoms with Crippen LogP contribution in [0.25, 0.3) is 0 Å². The van der Waals surface area contributed by atoms with Gasteiger partial charge in [-0.3, -0.25) is 4.79 Å². The summed E-state index contributed by atoms with van der Waals surface area (Å²) in [4.78, 5) is 11.8. The molecule has 32 heavy (non-hydrogen) atoms. The van der Waals surface area contributed by atoms with Gasteiger partial charge >= 0.3 is 5.97 Å². The van der Waals surface area contributed by atoms with Crippen molar-refractivity contribution < 1.29 is 14.3 Å². The molecular formula is C29H46O3. The first kappa shape index (κ1) is 28.2. The van der Waals surface area contributed by atoms with E-state index in [1.165, 1.54) is 56.9 Å². The Bertz CT molecular complexity index is 673. The van der Waals surface area contributed by atoms with E-state index in [1.54, 1.807) is 0 Å².